The number of hydrogen-bond acceptors (Lipinski definition) is 7. The van der Waals surface area contributed by atoms with E-state index in [0.717, 1.165) is 0 Å². The number of carbonyl (C=O) groups excluding carboxylic acids is 1. The number of benzene rings is 1. The van der Waals surface area contributed by atoms with Crippen LogP contribution in [-0.2, 0) is 9.53 Å². The van der Waals surface area contributed by atoms with Crippen molar-refractivity contribution < 1.29 is 19.4 Å². The van der Waals surface area contributed by atoms with E-state index in [1.807, 2.05) is 0 Å². The van der Waals surface area contributed by atoms with Crippen molar-refractivity contribution in [3.8, 4) is 17.0 Å². The Morgan fingerprint density at radius 2 is 1.97 bits per heavy atom. The third-order valence-corrected chi connectivity index (χ3v) is 4.69. The predicted molar refractivity (Wildman–Crippen MR) is 109 cm³/mol. The Kier molecular flexibility index (Phi) is 7.08. The number of hydrogen-bond donors (Lipinski definition) is 2. The van der Waals surface area contributed by atoms with Crippen molar-refractivity contribution in [2.75, 3.05) is 50.3 Å². The third-order valence-electron chi connectivity index (χ3n) is 4.43. The number of halogens is 1. The van der Waals surface area contributed by atoms with Gasteiger partial charge in [0.15, 0.2) is 5.15 Å². The zero-order valence-corrected chi connectivity index (χ0v) is 16.8. The van der Waals surface area contributed by atoms with Gasteiger partial charge in [0, 0.05) is 25.6 Å². The van der Waals surface area contributed by atoms with Crippen molar-refractivity contribution in [2.24, 2.45) is 0 Å². The Labute approximate surface area is 172 Å². The van der Waals surface area contributed by atoms with Crippen LogP contribution in [0.2, 0.25) is 5.15 Å². The van der Waals surface area contributed by atoms with Gasteiger partial charge in [-0.25, -0.2) is 9.66 Å². The van der Waals surface area contributed by atoms with E-state index in [4.69, 9.17) is 26.2 Å². The first-order chi connectivity index (χ1) is 14.1. The SMILES string of the molecule is CNn1c(-c2ccc(OCCOCCO)cc2)c(Cl)nc(N2CCCC2=O)c1=O. The fraction of sp³-hybridized carbons (Fsp3) is 0.421. The molecule has 0 spiro atoms. The molecule has 0 aliphatic carbocycles. The van der Waals surface area contributed by atoms with Crippen LogP contribution in [-0.4, -0.2) is 60.7 Å². The number of anilines is 1. The van der Waals surface area contributed by atoms with E-state index < -0.39 is 5.56 Å². The molecule has 0 atom stereocenters. The zero-order chi connectivity index (χ0) is 20.8. The van der Waals surface area contributed by atoms with Gasteiger partial charge in [-0.05, 0) is 30.7 Å². The lowest BCUT2D eigenvalue weighted by Crippen LogP contribution is -2.37. The van der Waals surface area contributed by atoms with Gasteiger partial charge >= 0.3 is 5.56 Å². The summed E-state index contributed by atoms with van der Waals surface area (Å²) in [6.45, 7) is 1.42. The average Bonchev–Trinajstić information content (AvgIpc) is 3.15. The maximum atomic E-state index is 12.9. The van der Waals surface area contributed by atoms with Crippen LogP contribution >= 0.6 is 11.6 Å². The maximum absolute atomic E-state index is 12.9. The summed E-state index contributed by atoms with van der Waals surface area (Å²) in [6, 6.07) is 7.03. The second-order valence-electron chi connectivity index (χ2n) is 6.30. The Morgan fingerprint density at radius 3 is 2.59 bits per heavy atom. The van der Waals surface area contributed by atoms with Crippen molar-refractivity contribution in [3.05, 3.63) is 39.8 Å². The number of amides is 1. The Balaban J connectivity index is 1.84. The summed E-state index contributed by atoms with van der Waals surface area (Å²) < 4.78 is 12.0. The number of aliphatic hydroxyl groups is 1. The van der Waals surface area contributed by atoms with E-state index in [2.05, 4.69) is 10.4 Å². The number of ether oxygens (including phenoxy) is 2. The Hall–Kier alpha value is -2.62. The minimum absolute atomic E-state index is 0.0263. The molecule has 1 aromatic carbocycles. The first-order valence-electron chi connectivity index (χ1n) is 9.29. The first kappa shape index (κ1) is 21.1. The van der Waals surface area contributed by atoms with Crippen LogP contribution in [0.3, 0.4) is 0 Å². The second-order valence-corrected chi connectivity index (χ2v) is 6.65. The van der Waals surface area contributed by atoms with Crippen LogP contribution < -0.4 is 20.6 Å². The average molecular weight is 423 g/mol. The van der Waals surface area contributed by atoms with Crippen molar-refractivity contribution in [1.29, 1.82) is 0 Å². The number of nitrogens with one attached hydrogen (secondary N) is 1. The molecule has 0 unspecified atom stereocenters. The molecule has 1 amide bonds. The monoisotopic (exact) mass is 422 g/mol. The molecule has 0 bridgehead atoms. The fourth-order valence-corrected chi connectivity index (χ4v) is 3.36. The molecule has 0 saturated carbocycles. The third kappa shape index (κ3) is 4.69. The quantitative estimate of drug-likeness (QED) is 0.586. The number of carbonyl (C=O) groups is 1. The van der Waals surface area contributed by atoms with E-state index in [1.54, 1.807) is 31.3 Å². The van der Waals surface area contributed by atoms with Gasteiger partial charge in [-0.3, -0.25) is 14.5 Å². The molecule has 9 nitrogen and oxygen atoms in total. The number of nitrogens with zero attached hydrogens (tertiary/aromatic N) is 3. The standard InChI is InChI=1S/C19H23ClN4O5/c1-21-24-16(13-4-6-14(7-5-13)29-12-11-28-10-9-25)17(20)22-18(19(24)27)23-8-2-3-15(23)26/h4-7,21,25H,2-3,8-12H2,1H3. The van der Waals surface area contributed by atoms with Gasteiger partial charge in [-0.2, -0.15) is 0 Å². The van der Waals surface area contributed by atoms with Crippen molar-refractivity contribution in [1.82, 2.24) is 9.66 Å². The van der Waals surface area contributed by atoms with E-state index in [-0.39, 0.29) is 30.1 Å². The maximum Gasteiger partial charge on any atom is 0.312 e. The Morgan fingerprint density at radius 1 is 1.21 bits per heavy atom. The molecule has 29 heavy (non-hydrogen) atoms. The topological polar surface area (TPSA) is 106 Å². The summed E-state index contributed by atoms with van der Waals surface area (Å²) in [5.74, 6) is 0.520. The number of aromatic nitrogens is 2. The molecule has 1 fully saturated rings. The molecule has 1 aromatic heterocycles. The molecule has 1 saturated heterocycles. The highest BCUT2D eigenvalue weighted by molar-refractivity contribution is 6.32. The van der Waals surface area contributed by atoms with E-state index in [9.17, 15) is 9.59 Å². The van der Waals surface area contributed by atoms with Crippen LogP contribution in [0.4, 0.5) is 5.82 Å². The predicted octanol–water partition coefficient (Wildman–Crippen LogP) is 1.25. The molecule has 156 valence electrons. The lowest BCUT2D eigenvalue weighted by atomic mass is 10.1. The van der Waals surface area contributed by atoms with Crippen molar-refractivity contribution in [2.45, 2.75) is 12.8 Å². The lowest BCUT2D eigenvalue weighted by Gasteiger charge is -2.19. The highest BCUT2D eigenvalue weighted by atomic mass is 35.5. The van der Waals surface area contributed by atoms with E-state index in [0.29, 0.717) is 49.6 Å². The normalized spacial score (nSPS) is 13.8. The molecule has 3 rings (SSSR count). The summed E-state index contributed by atoms with van der Waals surface area (Å²) in [4.78, 5) is 30.5. The number of rotatable bonds is 9. The highest BCUT2D eigenvalue weighted by Crippen LogP contribution is 2.28. The molecule has 2 heterocycles. The second kappa shape index (κ2) is 9.73. The number of aliphatic hydroxyl groups excluding tert-OH is 1. The molecule has 0 radical (unpaired) electrons. The zero-order valence-electron chi connectivity index (χ0n) is 16.1. The van der Waals surface area contributed by atoms with Gasteiger partial charge in [0.1, 0.15) is 18.1 Å². The van der Waals surface area contributed by atoms with Gasteiger partial charge < -0.3 is 20.0 Å². The molecule has 2 N–H and O–H groups in total. The lowest BCUT2D eigenvalue weighted by molar-refractivity contribution is -0.117. The van der Waals surface area contributed by atoms with Gasteiger partial charge in [-0.15, -0.1) is 0 Å². The van der Waals surface area contributed by atoms with Gasteiger partial charge in [0.05, 0.1) is 19.8 Å². The molecule has 1 aliphatic rings. The molecule has 10 heteroatoms. The summed E-state index contributed by atoms with van der Waals surface area (Å²) >= 11 is 6.40. The minimum Gasteiger partial charge on any atom is -0.491 e. The van der Waals surface area contributed by atoms with Crippen LogP contribution in [0.15, 0.2) is 29.1 Å². The van der Waals surface area contributed by atoms with Crippen molar-refractivity contribution >= 4 is 23.3 Å². The summed E-state index contributed by atoms with van der Waals surface area (Å²) in [5.41, 5.74) is 3.44. The summed E-state index contributed by atoms with van der Waals surface area (Å²) in [7, 11) is 1.60. The minimum atomic E-state index is -0.441. The highest BCUT2D eigenvalue weighted by Gasteiger charge is 2.28. The van der Waals surface area contributed by atoms with Crippen LogP contribution in [0.1, 0.15) is 12.8 Å². The largest absolute Gasteiger partial charge is 0.491 e. The van der Waals surface area contributed by atoms with Crippen LogP contribution in [0.5, 0.6) is 5.75 Å². The van der Waals surface area contributed by atoms with Gasteiger partial charge in [-0.1, -0.05) is 11.6 Å². The van der Waals surface area contributed by atoms with Crippen LogP contribution in [0, 0.1) is 0 Å². The van der Waals surface area contributed by atoms with Gasteiger partial charge in [0.25, 0.3) is 0 Å². The fourth-order valence-electron chi connectivity index (χ4n) is 3.09. The Bertz CT molecular complexity index is 916. The smallest absolute Gasteiger partial charge is 0.312 e. The van der Waals surface area contributed by atoms with Crippen LogP contribution in [0.25, 0.3) is 11.3 Å². The molecular weight excluding hydrogens is 400 g/mol. The van der Waals surface area contributed by atoms with Gasteiger partial charge in [0.2, 0.25) is 11.7 Å². The van der Waals surface area contributed by atoms with Crippen molar-refractivity contribution in [3.63, 3.8) is 0 Å². The van der Waals surface area contributed by atoms with E-state index in [1.165, 1.54) is 9.58 Å². The molecule has 1 aliphatic heterocycles. The first-order valence-corrected chi connectivity index (χ1v) is 9.67. The summed E-state index contributed by atoms with van der Waals surface area (Å²) in [6.07, 6.45) is 1.08. The molecule has 2 aromatic rings. The van der Waals surface area contributed by atoms with E-state index >= 15 is 0 Å². The summed E-state index contributed by atoms with van der Waals surface area (Å²) in [5, 5.41) is 8.78. The molecular formula is C19H23ClN4O5.